The second-order valence-corrected chi connectivity index (χ2v) is 4.31. The number of hydrogen-bond donors (Lipinski definition) is 1. The number of rotatable bonds is 4. The normalized spacial score (nSPS) is 12.1. The van der Waals surface area contributed by atoms with Gasteiger partial charge in [-0.25, -0.2) is 13.2 Å². The van der Waals surface area contributed by atoms with Crippen LogP contribution in [0.3, 0.4) is 0 Å². The third-order valence-electron chi connectivity index (χ3n) is 3.05. The summed E-state index contributed by atoms with van der Waals surface area (Å²) in [5, 5.41) is 10.3. The highest BCUT2D eigenvalue weighted by atomic mass is 19.2. The Morgan fingerprint density at radius 2 is 1.57 bits per heavy atom. The van der Waals surface area contributed by atoms with Crippen molar-refractivity contribution < 1.29 is 27.8 Å². The summed E-state index contributed by atoms with van der Waals surface area (Å²) in [4.78, 5) is 0. The average molecular weight is 298 g/mol. The monoisotopic (exact) mass is 298 g/mol. The first-order valence-electron chi connectivity index (χ1n) is 6.02. The molecule has 112 valence electrons. The van der Waals surface area contributed by atoms with Crippen LogP contribution in [0.2, 0.25) is 0 Å². The van der Waals surface area contributed by atoms with Crippen molar-refractivity contribution in [2.75, 3.05) is 14.2 Å². The molecule has 0 saturated carbocycles. The summed E-state index contributed by atoms with van der Waals surface area (Å²) < 4.78 is 49.6. The van der Waals surface area contributed by atoms with Gasteiger partial charge in [-0.2, -0.15) is 0 Å². The Bertz CT molecular complexity index is 636. The lowest BCUT2D eigenvalue weighted by Crippen LogP contribution is -2.05. The zero-order chi connectivity index (χ0) is 15.6. The van der Waals surface area contributed by atoms with Gasteiger partial charge in [-0.1, -0.05) is 0 Å². The van der Waals surface area contributed by atoms with Crippen LogP contribution in [-0.2, 0) is 0 Å². The van der Waals surface area contributed by atoms with Crippen LogP contribution in [0.1, 0.15) is 17.2 Å². The van der Waals surface area contributed by atoms with E-state index in [0.29, 0.717) is 11.5 Å². The van der Waals surface area contributed by atoms with Gasteiger partial charge in [0.15, 0.2) is 17.5 Å². The maximum Gasteiger partial charge on any atom is 0.194 e. The standard InChI is InChI=1S/C15H13F3O3/c1-20-9-3-4-13(21-2)10(7-9)15(19)8-5-11(16)14(18)12(17)6-8/h3-7,15,19H,1-2H3. The molecule has 0 fully saturated rings. The molecule has 0 spiro atoms. The van der Waals surface area contributed by atoms with Gasteiger partial charge >= 0.3 is 0 Å². The van der Waals surface area contributed by atoms with E-state index in [4.69, 9.17) is 9.47 Å². The van der Waals surface area contributed by atoms with E-state index in [2.05, 4.69) is 0 Å². The van der Waals surface area contributed by atoms with Crippen molar-refractivity contribution in [3.05, 3.63) is 58.9 Å². The number of ether oxygens (including phenoxy) is 2. The van der Waals surface area contributed by atoms with Gasteiger partial charge in [0.2, 0.25) is 0 Å². The predicted molar refractivity (Wildman–Crippen MR) is 69.9 cm³/mol. The smallest absolute Gasteiger partial charge is 0.194 e. The molecule has 1 N–H and O–H groups in total. The summed E-state index contributed by atoms with van der Waals surface area (Å²) in [6.45, 7) is 0. The number of halogens is 3. The van der Waals surface area contributed by atoms with Crippen LogP contribution < -0.4 is 9.47 Å². The van der Waals surface area contributed by atoms with Crippen LogP contribution in [0.4, 0.5) is 13.2 Å². The molecule has 0 heterocycles. The van der Waals surface area contributed by atoms with Crippen molar-refractivity contribution in [1.29, 1.82) is 0 Å². The Kier molecular flexibility index (Phi) is 4.37. The number of aliphatic hydroxyl groups is 1. The molecule has 0 aromatic heterocycles. The molecule has 0 saturated heterocycles. The third kappa shape index (κ3) is 2.95. The van der Waals surface area contributed by atoms with Gasteiger partial charge in [0.05, 0.1) is 14.2 Å². The molecular formula is C15H13F3O3. The number of methoxy groups -OCH3 is 2. The zero-order valence-corrected chi connectivity index (χ0v) is 11.4. The minimum atomic E-state index is -1.58. The summed E-state index contributed by atoms with van der Waals surface area (Å²) >= 11 is 0. The molecule has 3 nitrogen and oxygen atoms in total. The molecule has 0 bridgehead atoms. The van der Waals surface area contributed by atoms with Gasteiger partial charge in [-0.3, -0.25) is 0 Å². The molecule has 0 aliphatic rings. The summed E-state index contributed by atoms with van der Waals surface area (Å²) in [5.74, 6) is -3.57. The average Bonchev–Trinajstić information content (AvgIpc) is 2.50. The minimum absolute atomic E-state index is 0.127. The maximum absolute atomic E-state index is 13.3. The van der Waals surface area contributed by atoms with Crippen LogP contribution in [0.25, 0.3) is 0 Å². The first-order chi connectivity index (χ1) is 9.97. The van der Waals surface area contributed by atoms with Crippen molar-refractivity contribution in [3.8, 4) is 11.5 Å². The van der Waals surface area contributed by atoms with Crippen molar-refractivity contribution in [3.63, 3.8) is 0 Å². The number of aliphatic hydroxyl groups excluding tert-OH is 1. The summed E-state index contributed by atoms with van der Waals surface area (Å²) in [6.07, 6.45) is -1.39. The van der Waals surface area contributed by atoms with Crippen molar-refractivity contribution in [2.24, 2.45) is 0 Å². The lowest BCUT2D eigenvalue weighted by Gasteiger charge is -2.16. The van der Waals surface area contributed by atoms with Crippen molar-refractivity contribution >= 4 is 0 Å². The van der Waals surface area contributed by atoms with E-state index in [1.807, 2.05) is 0 Å². The van der Waals surface area contributed by atoms with Gasteiger partial charge in [0.25, 0.3) is 0 Å². The fourth-order valence-electron chi connectivity index (χ4n) is 1.97. The predicted octanol–water partition coefficient (Wildman–Crippen LogP) is 3.20. The minimum Gasteiger partial charge on any atom is -0.497 e. The van der Waals surface area contributed by atoms with Gasteiger partial charge in [0, 0.05) is 5.56 Å². The topological polar surface area (TPSA) is 38.7 Å². The zero-order valence-electron chi connectivity index (χ0n) is 11.4. The molecule has 6 heteroatoms. The molecule has 1 atom stereocenters. The van der Waals surface area contributed by atoms with Crippen LogP contribution in [-0.4, -0.2) is 19.3 Å². The maximum atomic E-state index is 13.3. The highest BCUT2D eigenvalue weighted by Crippen LogP contribution is 2.33. The van der Waals surface area contributed by atoms with Gasteiger partial charge in [-0.05, 0) is 35.9 Å². The van der Waals surface area contributed by atoms with Gasteiger partial charge in [0.1, 0.15) is 17.6 Å². The first kappa shape index (κ1) is 15.2. The molecule has 0 aliphatic carbocycles. The SMILES string of the molecule is COc1ccc(OC)c(C(O)c2cc(F)c(F)c(F)c2)c1. The molecule has 0 aliphatic heterocycles. The van der Waals surface area contributed by atoms with E-state index in [9.17, 15) is 18.3 Å². The molecule has 0 amide bonds. The molecular weight excluding hydrogens is 285 g/mol. The largest absolute Gasteiger partial charge is 0.497 e. The van der Waals surface area contributed by atoms with Crippen molar-refractivity contribution in [1.82, 2.24) is 0 Å². The second-order valence-electron chi connectivity index (χ2n) is 4.31. The fraction of sp³-hybridized carbons (Fsp3) is 0.200. The van der Waals surface area contributed by atoms with Crippen molar-refractivity contribution in [2.45, 2.75) is 6.10 Å². The molecule has 2 rings (SSSR count). The fourth-order valence-corrected chi connectivity index (χ4v) is 1.97. The van der Waals surface area contributed by atoms with E-state index in [0.717, 1.165) is 12.1 Å². The Balaban J connectivity index is 2.51. The quantitative estimate of drug-likeness (QED) is 0.881. The highest BCUT2D eigenvalue weighted by Gasteiger charge is 2.20. The summed E-state index contributed by atoms with van der Waals surface area (Å²) in [5.41, 5.74) is 0.125. The Morgan fingerprint density at radius 1 is 0.952 bits per heavy atom. The van der Waals surface area contributed by atoms with E-state index in [-0.39, 0.29) is 11.1 Å². The van der Waals surface area contributed by atoms with Gasteiger partial charge < -0.3 is 14.6 Å². The molecule has 1 unspecified atom stereocenters. The first-order valence-corrected chi connectivity index (χ1v) is 6.02. The van der Waals surface area contributed by atoms with Crippen LogP contribution in [0.5, 0.6) is 11.5 Å². The van der Waals surface area contributed by atoms with Crippen LogP contribution in [0.15, 0.2) is 30.3 Å². The van der Waals surface area contributed by atoms with E-state index in [1.165, 1.54) is 20.3 Å². The summed E-state index contributed by atoms with van der Waals surface area (Å²) in [7, 11) is 2.83. The van der Waals surface area contributed by atoms with Crippen LogP contribution in [0, 0.1) is 17.5 Å². The van der Waals surface area contributed by atoms with Crippen LogP contribution >= 0.6 is 0 Å². The number of benzene rings is 2. The summed E-state index contributed by atoms with van der Waals surface area (Å²) in [6, 6.07) is 6.11. The lowest BCUT2D eigenvalue weighted by molar-refractivity contribution is 0.212. The Hall–Kier alpha value is -2.21. The van der Waals surface area contributed by atoms with E-state index < -0.39 is 23.6 Å². The Morgan fingerprint density at radius 3 is 2.10 bits per heavy atom. The van der Waals surface area contributed by atoms with E-state index >= 15 is 0 Å². The lowest BCUT2D eigenvalue weighted by atomic mass is 10.00. The van der Waals surface area contributed by atoms with E-state index in [1.54, 1.807) is 12.1 Å². The Labute approximate surface area is 119 Å². The molecule has 2 aromatic carbocycles. The molecule has 0 radical (unpaired) electrons. The highest BCUT2D eigenvalue weighted by molar-refractivity contribution is 5.45. The number of hydrogen-bond acceptors (Lipinski definition) is 3. The molecule has 2 aromatic rings. The second kappa shape index (κ2) is 6.05. The third-order valence-corrected chi connectivity index (χ3v) is 3.05. The molecule has 21 heavy (non-hydrogen) atoms. The van der Waals surface area contributed by atoms with Gasteiger partial charge in [-0.15, -0.1) is 0 Å².